The van der Waals surface area contributed by atoms with E-state index in [-0.39, 0.29) is 6.29 Å². The largest absolute Gasteiger partial charge is 0.374 e. The lowest BCUT2D eigenvalue weighted by atomic mass is 10.2. The Morgan fingerprint density at radius 1 is 1.20 bits per heavy atom. The topological polar surface area (TPSA) is 27.7 Å². The maximum Gasteiger partial charge on any atom is 0.180 e. The summed E-state index contributed by atoms with van der Waals surface area (Å²) >= 11 is 0. The number of rotatable bonds is 4. The molecule has 3 heteroatoms. The molecule has 1 aliphatic rings. The molecule has 1 aliphatic heterocycles. The molecular formula is C12H16O3. The van der Waals surface area contributed by atoms with Gasteiger partial charge in [-0.25, -0.2) is 0 Å². The van der Waals surface area contributed by atoms with Crippen molar-refractivity contribution in [2.45, 2.75) is 12.7 Å². The van der Waals surface area contributed by atoms with Crippen molar-refractivity contribution in [2.24, 2.45) is 0 Å². The van der Waals surface area contributed by atoms with E-state index < -0.39 is 0 Å². The molecule has 0 aromatic heterocycles. The molecule has 0 amide bonds. The Balaban J connectivity index is 1.66. The molecule has 3 nitrogen and oxygen atoms in total. The van der Waals surface area contributed by atoms with Gasteiger partial charge in [-0.1, -0.05) is 30.3 Å². The minimum atomic E-state index is -0.178. The van der Waals surface area contributed by atoms with Crippen LogP contribution in [0.5, 0.6) is 0 Å². The molecule has 0 bridgehead atoms. The molecule has 1 fully saturated rings. The van der Waals surface area contributed by atoms with Gasteiger partial charge in [0.15, 0.2) is 6.29 Å². The van der Waals surface area contributed by atoms with E-state index in [1.54, 1.807) is 0 Å². The maximum absolute atomic E-state index is 5.54. The third-order valence-corrected chi connectivity index (χ3v) is 2.32. The Hall–Kier alpha value is -0.900. The first-order chi connectivity index (χ1) is 7.45. The highest BCUT2D eigenvalue weighted by molar-refractivity contribution is 5.14. The smallest absolute Gasteiger partial charge is 0.180 e. The molecule has 0 N–H and O–H groups in total. The Kier molecular flexibility index (Phi) is 4.14. The zero-order valence-electron chi connectivity index (χ0n) is 8.72. The zero-order valence-corrected chi connectivity index (χ0v) is 8.72. The second-order valence-electron chi connectivity index (χ2n) is 3.48. The van der Waals surface area contributed by atoms with Gasteiger partial charge in [0.1, 0.15) is 0 Å². The first-order valence-corrected chi connectivity index (χ1v) is 5.30. The summed E-state index contributed by atoms with van der Waals surface area (Å²) in [6.45, 7) is 2.54. The van der Waals surface area contributed by atoms with Crippen molar-refractivity contribution in [3.63, 3.8) is 0 Å². The van der Waals surface area contributed by atoms with Crippen LogP contribution in [-0.2, 0) is 20.6 Å². The van der Waals surface area contributed by atoms with Gasteiger partial charge in [0.05, 0.1) is 26.4 Å². The van der Waals surface area contributed by atoms with Crippen molar-refractivity contribution in [1.29, 1.82) is 0 Å². The predicted molar refractivity (Wildman–Crippen MR) is 56.7 cm³/mol. The highest BCUT2D eigenvalue weighted by atomic mass is 16.7. The van der Waals surface area contributed by atoms with Gasteiger partial charge in [-0.05, 0) is 12.0 Å². The average Bonchev–Trinajstić information content (AvgIpc) is 2.32. The predicted octanol–water partition coefficient (Wildman–Crippen LogP) is 1.62. The molecule has 1 aromatic rings. The third kappa shape index (κ3) is 3.63. The number of hydrogen-bond acceptors (Lipinski definition) is 3. The van der Waals surface area contributed by atoms with E-state index >= 15 is 0 Å². The van der Waals surface area contributed by atoms with E-state index in [2.05, 4.69) is 12.1 Å². The second kappa shape index (κ2) is 5.85. The number of hydrogen-bond donors (Lipinski definition) is 0. The van der Waals surface area contributed by atoms with Crippen LogP contribution in [0.3, 0.4) is 0 Å². The zero-order chi connectivity index (χ0) is 10.3. The molecule has 0 saturated carbocycles. The van der Waals surface area contributed by atoms with E-state index in [9.17, 15) is 0 Å². The van der Waals surface area contributed by atoms with Crippen molar-refractivity contribution < 1.29 is 14.2 Å². The Morgan fingerprint density at radius 3 is 2.80 bits per heavy atom. The molecule has 2 rings (SSSR count). The standard InChI is InChI=1S/C12H16O3/c1-2-4-11(5-3-1)6-7-14-12-10-13-8-9-15-12/h1-5,12H,6-10H2. The minimum absolute atomic E-state index is 0.178. The fourth-order valence-electron chi connectivity index (χ4n) is 1.52. The highest BCUT2D eigenvalue weighted by Gasteiger charge is 2.13. The lowest BCUT2D eigenvalue weighted by Crippen LogP contribution is -2.31. The van der Waals surface area contributed by atoms with Gasteiger partial charge < -0.3 is 14.2 Å². The molecule has 1 atom stereocenters. The summed E-state index contributed by atoms with van der Waals surface area (Å²) in [5.41, 5.74) is 1.29. The minimum Gasteiger partial charge on any atom is -0.374 e. The molecule has 82 valence electrons. The summed E-state index contributed by atoms with van der Waals surface area (Å²) in [6, 6.07) is 10.3. The van der Waals surface area contributed by atoms with Crippen LogP contribution in [0.2, 0.25) is 0 Å². The summed E-state index contributed by atoms with van der Waals surface area (Å²) in [7, 11) is 0. The van der Waals surface area contributed by atoms with E-state index in [1.807, 2.05) is 18.2 Å². The van der Waals surface area contributed by atoms with Crippen LogP contribution in [0.25, 0.3) is 0 Å². The summed E-state index contributed by atoms with van der Waals surface area (Å²) in [4.78, 5) is 0. The molecule has 1 heterocycles. The fourth-order valence-corrected chi connectivity index (χ4v) is 1.52. The van der Waals surface area contributed by atoms with Crippen molar-refractivity contribution in [2.75, 3.05) is 26.4 Å². The number of benzene rings is 1. The summed E-state index contributed by atoms with van der Waals surface area (Å²) in [5.74, 6) is 0. The first kappa shape index (κ1) is 10.6. The van der Waals surface area contributed by atoms with Gasteiger partial charge >= 0.3 is 0 Å². The first-order valence-electron chi connectivity index (χ1n) is 5.30. The molecule has 1 saturated heterocycles. The molecule has 0 spiro atoms. The molecule has 15 heavy (non-hydrogen) atoms. The van der Waals surface area contributed by atoms with Crippen LogP contribution in [0.1, 0.15) is 5.56 Å². The monoisotopic (exact) mass is 208 g/mol. The second-order valence-corrected chi connectivity index (χ2v) is 3.48. The van der Waals surface area contributed by atoms with E-state index in [1.165, 1.54) is 5.56 Å². The van der Waals surface area contributed by atoms with Gasteiger partial charge in [0.2, 0.25) is 0 Å². The van der Waals surface area contributed by atoms with Gasteiger partial charge in [0.25, 0.3) is 0 Å². The van der Waals surface area contributed by atoms with Crippen LogP contribution in [-0.4, -0.2) is 32.7 Å². The molecule has 0 aliphatic carbocycles. The molecule has 1 unspecified atom stereocenters. The molecule has 1 aromatic carbocycles. The summed E-state index contributed by atoms with van der Waals surface area (Å²) < 4.78 is 16.1. The van der Waals surface area contributed by atoms with Gasteiger partial charge in [-0.3, -0.25) is 0 Å². The van der Waals surface area contributed by atoms with Gasteiger partial charge in [0, 0.05) is 0 Å². The summed E-state index contributed by atoms with van der Waals surface area (Å²) in [5, 5.41) is 0. The Labute approximate surface area is 90.0 Å². The van der Waals surface area contributed by atoms with E-state index in [0.29, 0.717) is 26.4 Å². The van der Waals surface area contributed by atoms with Crippen molar-refractivity contribution in [3.8, 4) is 0 Å². The van der Waals surface area contributed by atoms with Gasteiger partial charge in [-0.2, -0.15) is 0 Å². The van der Waals surface area contributed by atoms with Crippen molar-refractivity contribution >= 4 is 0 Å². The van der Waals surface area contributed by atoms with Crippen LogP contribution < -0.4 is 0 Å². The highest BCUT2D eigenvalue weighted by Crippen LogP contribution is 2.05. The lowest BCUT2D eigenvalue weighted by Gasteiger charge is -2.22. The number of ether oxygens (including phenoxy) is 3. The SMILES string of the molecule is c1ccc(CCOC2COCCO2)cc1. The van der Waals surface area contributed by atoms with Crippen molar-refractivity contribution in [1.82, 2.24) is 0 Å². The third-order valence-electron chi connectivity index (χ3n) is 2.32. The molecule has 0 radical (unpaired) electrons. The van der Waals surface area contributed by atoms with Crippen LogP contribution in [0.15, 0.2) is 30.3 Å². The fraction of sp³-hybridized carbons (Fsp3) is 0.500. The lowest BCUT2D eigenvalue weighted by molar-refractivity contribution is -0.210. The Bertz CT molecular complexity index is 267. The molecular weight excluding hydrogens is 192 g/mol. The van der Waals surface area contributed by atoms with Gasteiger partial charge in [-0.15, -0.1) is 0 Å². The van der Waals surface area contributed by atoms with Crippen LogP contribution >= 0.6 is 0 Å². The quantitative estimate of drug-likeness (QED) is 0.752. The Morgan fingerprint density at radius 2 is 2.07 bits per heavy atom. The van der Waals surface area contributed by atoms with E-state index in [0.717, 1.165) is 6.42 Å². The normalized spacial score (nSPS) is 21.5. The maximum atomic E-state index is 5.54. The average molecular weight is 208 g/mol. The summed E-state index contributed by atoms with van der Waals surface area (Å²) in [6.07, 6.45) is 0.739. The van der Waals surface area contributed by atoms with E-state index in [4.69, 9.17) is 14.2 Å². The van der Waals surface area contributed by atoms with Crippen molar-refractivity contribution in [3.05, 3.63) is 35.9 Å². The van der Waals surface area contributed by atoms with Crippen LogP contribution in [0.4, 0.5) is 0 Å². The van der Waals surface area contributed by atoms with Crippen LogP contribution in [0, 0.1) is 0 Å².